The van der Waals surface area contributed by atoms with Gasteiger partial charge >= 0.3 is 0 Å². The first-order valence-electron chi connectivity index (χ1n) is 8.01. The van der Waals surface area contributed by atoms with Crippen molar-refractivity contribution in [2.45, 2.75) is 53.1 Å². The van der Waals surface area contributed by atoms with E-state index in [4.69, 9.17) is 4.74 Å². The van der Waals surface area contributed by atoms with Crippen LogP contribution in [0.1, 0.15) is 47.5 Å². The standard InChI is InChI=1S/C16H34N2O/c1-6-17-9-7-8-10-18(13-15(2)3)11-12-19-16(4,5)14-17/h15H,6-14H2,1-5H3. The molecule has 0 N–H and O–H groups in total. The molecule has 1 fully saturated rings. The van der Waals surface area contributed by atoms with Gasteiger partial charge in [-0.1, -0.05) is 20.8 Å². The average Bonchev–Trinajstić information content (AvgIpc) is 2.33. The van der Waals surface area contributed by atoms with Gasteiger partial charge in [-0.3, -0.25) is 0 Å². The van der Waals surface area contributed by atoms with Crippen molar-refractivity contribution in [3.05, 3.63) is 0 Å². The molecule has 1 saturated heterocycles. The second-order valence-corrected chi connectivity index (χ2v) is 6.88. The molecular weight excluding hydrogens is 236 g/mol. The summed E-state index contributed by atoms with van der Waals surface area (Å²) >= 11 is 0. The van der Waals surface area contributed by atoms with E-state index in [0.717, 1.165) is 32.2 Å². The van der Waals surface area contributed by atoms with Crippen molar-refractivity contribution in [2.75, 3.05) is 45.9 Å². The van der Waals surface area contributed by atoms with E-state index in [-0.39, 0.29) is 5.60 Å². The lowest BCUT2D eigenvalue weighted by molar-refractivity contribution is -0.0447. The number of hydrogen-bond donors (Lipinski definition) is 0. The van der Waals surface area contributed by atoms with E-state index < -0.39 is 0 Å². The van der Waals surface area contributed by atoms with Gasteiger partial charge < -0.3 is 14.5 Å². The van der Waals surface area contributed by atoms with E-state index in [1.807, 2.05) is 0 Å². The van der Waals surface area contributed by atoms with Gasteiger partial charge in [0.15, 0.2) is 0 Å². The molecule has 0 radical (unpaired) electrons. The highest BCUT2D eigenvalue weighted by molar-refractivity contribution is 4.76. The second-order valence-electron chi connectivity index (χ2n) is 6.88. The first-order chi connectivity index (χ1) is 8.93. The van der Waals surface area contributed by atoms with Crippen LogP contribution in [0.5, 0.6) is 0 Å². The number of likely N-dealkylation sites (N-methyl/N-ethyl adjacent to an activating group) is 1. The van der Waals surface area contributed by atoms with Crippen molar-refractivity contribution in [3.63, 3.8) is 0 Å². The highest BCUT2D eigenvalue weighted by Crippen LogP contribution is 2.14. The highest BCUT2D eigenvalue weighted by atomic mass is 16.5. The van der Waals surface area contributed by atoms with Crippen LogP contribution in [0.2, 0.25) is 0 Å². The molecule has 1 aliphatic rings. The van der Waals surface area contributed by atoms with Crippen LogP contribution in [0.15, 0.2) is 0 Å². The van der Waals surface area contributed by atoms with E-state index in [1.54, 1.807) is 0 Å². The van der Waals surface area contributed by atoms with Gasteiger partial charge in [0.25, 0.3) is 0 Å². The Bertz CT molecular complexity index is 241. The zero-order chi connectivity index (χ0) is 14.3. The van der Waals surface area contributed by atoms with Crippen LogP contribution in [0.25, 0.3) is 0 Å². The summed E-state index contributed by atoms with van der Waals surface area (Å²) in [4.78, 5) is 5.10. The smallest absolute Gasteiger partial charge is 0.0753 e. The maximum atomic E-state index is 6.12. The van der Waals surface area contributed by atoms with Crippen molar-refractivity contribution >= 4 is 0 Å². The predicted octanol–water partition coefficient (Wildman–Crippen LogP) is 2.86. The normalized spacial score (nSPS) is 24.3. The molecule has 0 aromatic carbocycles. The SMILES string of the molecule is CCN1CCCCN(CC(C)C)CCOC(C)(C)C1. The van der Waals surface area contributed by atoms with Gasteiger partial charge in [0.2, 0.25) is 0 Å². The quantitative estimate of drug-likeness (QED) is 0.784. The summed E-state index contributed by atoms with van der Waals surface area (Å²) in [5.41, 5.74) is -0.0240. The summed E-state index contributed by atoms with van der Waals surface area (Å²) in [6, 6.07) is 0. The van der Waals surface area contributed by atoms with E-state index >= 15 is 0 Å². The summed E-state index contributed by atoms with van der Waals surface area (Å²) in [5, 5.41) is 0. The lowest BCUT2D eigenvalue weighted by Crippen LogP contribution is -2.42. The molecule has 0 atom stereocenters. The zero-order valence-corrected chi connectivity index (χ0v) is 13.7. The van der Waals surface area contributed by atoms with Gasteiger partial charge in [-0.05, 0) is 52.2 Å². The van der Waals surface area contributed by atoms with Crippen LogP contribution in [0.4, 0.5) is 0 Å². The number of rotatable bonds is 3. The molecule has 1 aliphatic heterocycles. The second kappa shape index (κ2) is 8.23. The van der Waals surface area contributed by atoms with Crippen molar-refractivity contribution in [1.29, 1.82) is 0 Å². The van der Waals surface area contributed by atoms with E-state index in [2.05, 4.69) is 44.4 Å². The predicted molar refractivity (Wildman–Crippen MR) is 82.7 cm³/mol. The van der Waals surface area contributed by atoms with Gasteiger partial charge in [-0.25, -0.2) is 0 Å². The van der Waals surface area contributed by atoms with E-state index in [1.165, 1.54) is 32.5 Å². The summed E-state index contributed by atoms with van der Waals surface area (Å²) in [6.45, 7) is 19.0. The first kappa shape index (κ1) is 16.9. The molecule has 3 heteroatoms. The number of ether oxygens (including phenoxy) is 1. The summed E-state index contributed by atoms with van der Waals surface area (Å²) in [5.74, 6) is 0.741. The fraction of sp³-hybridized carbons (Fsp3) is 1.00. The fourth-order valence-electron chi connectivity index (χ4n) is 2.87. The Morgan fingerprint density at radius 2 is 1.68 bits per heavy atom. The van der Waals surface area contributed by atoms with Gasteiger partial charge in [0.05, 0.1) is 12.2 Å². The maximum absolute atomic E-state index is 6.12. The minimum absolute atomic E-state index is 0.0240. The Labute approximate surface area is 120 Å². The summed E-state index contributed by atoms with van der Waals surface area (Å²) < 4.78 is 6.12. The molecule has 0 unspecified atom stereocenters. The van der Waals surface area contributed by atoms with Crippen molar-refractivity contribution in [1.82, 2.24) is 9.80 Å². The van der Waals surface area contributed by atoms with Gasteiger partial charge in [-0.2, -0.15) is 0 Å². The summed E-state index contributed by atoms with van der Waals surface area (Å²) in [6.07, 6.45) is 2.61. The largest absolute Gasteiger partial charge is 0.373 e. The molecule has 0 amide bonds. The third-order valence-corrected chi connectivity index (χ3v) is 3.77. The number of nitrogens with zero attached hydrogens (tertiary/aromatic N) is 2. The first-order valence-corrected chi connectivity index (χ1v) is 8.01. The van der Waals surface area contributed by atoms with Crippen LogP contribution in [0.3, 0.4) is 0 Å². The van der Waals surface area contributed by atoms with Crippen molar-refractivity contribution in [2.24, 2.45) is 5.92 Å². The molecule has 0 aromatic rings. The van der Waals surface area contributed by atoms with Crippen LogP contribution < -0.4 is 0 Å². The third kappa shape index (κ3) is 7.28. The van der Waals surface area contributed by atoms with Crippen molar-refractivity contribution < 1.29 is 4.74 Å². The molecular formula is C16H34N2O. The molecule has 0 saturated carbocycles. The Morgan fingerprint density at radius 1 is 1.05 bits per heavy atom. The molecule has 1 rings (SSSR count). The minimum atomic E-state index is -0.0240. The summed E-state index contributed by atoms with van der Waals surface area (Å²) in [7, 11) is 0. The molecule has 3 nitrogen and oxygen atoms in total. The molecule has 0 aliphatic carbocycles. The highest BCUT2D eigenvalue weighted by Gasteiger charge is 2.22. The van der Waals surface area contributed by atoms with Gasteiger partial charge in [0, 0.05) is 19.6 Å². The van der Waals surface area contributed by atoms with Crippen LogP contribution >= 0.6 is 0 Å². The van der Waals surface area contributed by atoms with E-state index in [0.29, 0.717) is 0 Å². The molecule has 0 aromatic heterocycles. The Morgan fingerprint density at radius 3 is 2.26 bits per heavy atom. The monoisotopic (exact) mass is 270 g/mol. The third-order valence-electron chi connectivity index (χ3n) is 3.77. The number of hydrogen-bond acceptors (Lipinski definition) is 3. The Hall–Kier alpha value is -0.120. The average molecular weight is 270 g/mol. The maximum Gasteiger partial charge on any atom is 0.0753 e. The van der Waals surface area contributed by atoms with Crippen molar-refractivity contribution in [3.8, 4) is 0 Å². The molecule has 0 spiro atoms. The molecule has 114 valence electrons. The van der Waals surface area contributed by atoms with Crippen LogP contribution in [0, 0.1) is 5.92 Å². The van der Waals surface area contributed by atoms with Gasteiger partial charge in [-0.15, -0.1) is 0 Å². The van der Waals surface area contributed by atoms with Gasteiger partial charge in [0.1, 0.15) is 0 Å². The fourth-order valence-corrected chi connectivity index (χ4v) is 2.87. The lowest BCUT2D eigenvalue weighted by Gasteiger charge is -2.32. The molecule has 0 bridgehead atoms. The Balaban J connectivity index is 2.55. The van der Waals surface area contributed by atoms with Crippen LogP contribution in [-0.4, -0.2) is 61.3 Å². The lowest BCUT2D eigenvalue weighted by atomic mass is 10.1. The van der Waals surface area contributed by atoms with E-state index in [9.17, 15) is 0 Å². The molecule has 19 heavy (non-hydrogen) atoms. The Kier molecular flexibility index (Phi) is 7.33. The zero-order valence-electron chi connectivity index (χ0n) is 13.7. The topological polar surface area (TPSA) is 15.7 Å². The molecule has 1 heterocycles. The minimum Gasteiger partial charge on any atom is -0.373 e. The van der Waals surface area contributed by atoms with Crippen LogP contribution in [-0.2, 0) is 4.74 Å².